The number of nitrogens with zero attached hydrogens (tertiary/aromatic N) is 2. The molecule has 14 heteroatoms. The molecule has 0 unspecified atom stereocenters. The first-order valence-corrected chi connectivity index (χ1v) is 14.1. The van der Waals surface area contributed by atoms with Crippen LogP contribution in [0.15, 0.2) is 64.3 Å². The number of pyridine rings is 1. The van der Waals surface area contributed by atoms with Gasteiger partial charge in [0.15, 0.2) is 23.1 Å². The van der Waals surface area contributed by atoms with Crippen molar-refractivity contribution in [3.63, 3.8) is 0 Å². The molecule has 0 atom stereocenters. The fraction of sp³-hybridized carbons (Fsp3) is 0.133. The molecule has 3 heterocycles. The van der Waals surface area contributed by atoms with E-state index in [4.69, 9.17) is 0 Å². The summed E-state index contributed by atoms with van der Waals surface area (Å²) in [4.78, 5) is 51.9. The van der Waals surface area contributed by atoms with Crippen molar-refractivity contribution in [2.75, 3.05) is 24.0 Å². The molecule has 0 bridgehead atoms. The number of aromatic carboxylic acids is 1. The van der Waals surface area contributed by atoms with Gasteiger partial charge in [-0.15, -0.1) is 11.8 Å². The number of carbonyl (C=O) groups is 3. The number of nitrogens with one attached hydrogen (secondary N) is 2. The molecule has 6 rings (SSSR count). The van der Waals surface area contributed by atoms with Crippen LogP contribution in [0, 0.1) is 11.6 Å². The van der Waals surface area contributed by atoms with E-state index in [2.05, 4.69) is 10.7 Å². The number of aromatic nitrogens is 1. The van der Waals surface area contributed by atoms with Gasteiger partial charge in [0.05, 0.1) is 11.3 Å². The number of benzene rings is 3. The van der Waals surface area contributed by atoms with Crippen molar-refractivity contribution in [1.82, 2.24) is 9.58 Å². The van der Waals surface area contributed by atoms with Gasteiger partial charge in [-0.1, -0.05) is 24.3 Å². The second kappa shape index (κ2) is 11.0. The lowest BCUT2D eigenvalue weighted by molar-refractivity contribution is -0.137. The Kier molecular flexibility index (Phi) is 7.21. The number of carboxylic acids is 2. The van der Waals surface area contributed by atoms with E-state index in [1.54, 1.807) is 6.07 Å². The third-order valence-corrected chi connectivity index (χ3v) is 8.51. The highest BCUT2D eigenvalue weighted by Crippen LogP contribution is 2.42. The first-order chi connectivity index (χ1) is 21.0. The number of amides is 1. The zero-order valence-electron chi connectivity index (χ0n) is 22.6. The van der Waals surface area contributed by atoms with Gasteiger partial charge in [-0.2, -0.15) is 0 Å². The van der Waals surface area contributed by atoms with Crippen molar-refractivity contribution in [2.45, 2.75) is 17.1 Å². The number of aromatic hydroxyl groups is 1. The van der Waals surface area contributed by atoms with Gasteiger partial charge in [-0.05, 0) is 47.9 Å². The van der Waals surface area contributed by atoms with Crippen LogP contribution in [0.5, 0.6) is 5.75 Å². The number of anilines is 2. The highest BCUT2D eigenvalue weighted by molar-refractivity contribution is 7.98. The van der Waals surface area contributed by atoms with Crippen LogP contribution < -0.4 is 16.2 Å². The molecular formula is C30H22F2N4O7S. The van der Waals surface area contributed by atoms with Crippen molar-refractivity contribution >= 4 is 41.0 Å². The van der Waals surface area contributed by atoms with Crippen molar-refractivity contribution in [2.24, 2.45) is 0 Å². The van der Waals surface area contributed by atoms with E-state index in [0.29, 0.717) is 5.56 Å². The quantitative estimate of drug-likeness (QED) is 0.212. The third-order valence-electron chi connectivity index (χ3n) is 7.37. The van der Waals surface area contributed by atoms with E-state index in [1.165, 1.54) is 36.0 Å². The predicted molar refractivity (Wildman–Crippen MR) is 156 cm³/mol. The normalized spacial score (nSPS) is 13.7. The molecule has 44 heavy (non-hydrogen) atoms. The largest absolute Gasteiger partial charge is 0.502 e. The molecule has 2 aliphatic heterocycles. The minimum absolute atomic E-state index is 0.0263. The summed E-state index contributed by atoms with van der Waals surface area (Å²) in [5.74, 6) is -6.83. The molecule has 11 nitrogen and oxygen atoms in total. The number of thioether (sulfide) groups is 1. The zero-order valence-corrected chi connectivity index (χ0v) is 23.4. The number of aliphatic carboxylic acids is 1. The van der Waals surface area contributed by atoms with Gasteiger partial charge in [-0.25, -0.2) is 18.3 Å². The average Bonchev–Trinajstić information content (AvgIpc) is 3.19. The van der Waals surface area contributed by atoms with Gasteiger partial charge in [0, 0.05) is 27.5 Å². The number of hydrogen-bond donors (Lipinski definition) is 5. The summed E-state index contributed by atoms with van der Waals surface area (Å²) < 4.78 is 31.8. The van der Waals surface area contributed by atoms with E-state index >= 15 is 8.78 Å². The van der Waals surface area contributed by atoms with Gasteiger partial charge >= 0.3 is 11.9 Å². The number of carboxylic acid groups (broad SMARTS) is 2. The number of halogens is 2. The first kappa shape index (κ1) is 28.7. The van der Waals surface area contributed by atoms with E-state index < -0.39 is 52.9 Å². The summed E-state index contributed by atoms with van der Waals surface area (Å²) in [6, 6.07) is 13.7. The molecule has 4 aromatic rings. The Bertz CT molecular complexity index is 1960. The molecule has 0 radical (unpaired) electrons. The topological polar surface area (TPSA) is 161 Å². The summed E-state index contributed by atoms with van der Waals surface area (Å²) in [5, 5.41) is 32.6. The third kappa shape index (κ3) is 4.88. The minimum atomic E-state index is -1.34. The van der Waals surface area contributed by atoms with Crippen LogP contribution in [0.25, 0.3) is 11.3 Å². The Hall–Kier alpha value is -5.37. The van der Waals surface area contributed by atoms with Gasteiger partial charge in [0.1, 0.15) is 18.9 Å². The Balaban J connectivity index is 1.66. The SMILES string of the molecule is O=C(O)CN1CNn2c(c(O)c(=O)c(Nc3cccc(C(=O)O)c3)c2-c2cc(F)c(F)c3c2Cc2ccccc2SC3)C1=O. The highest BCUT2D eigenvalue weighted by atomic mass is 32.2. The molecule has 3 aromatic carbocycles. The summed E-state index contributed by atoms with van der Waals surface area (Å²) in [6.07, 6.45) is 0.127. The number of carbonyl (C=O) groups excluding carboxylic acids is 1. The lowest BCUT2D eigenvalue weighted by Crippen LogP contribution is -2.49. The molecule has 0 aliphatic carbocycles. The Morgan fingerprint density at radius 1 is 1.00 bits per heavy atom. The van der Waals surface area contributed by atoms with Gasteiger partial charge in [0.2, 0.25) is 5.43 Å². The average molecular weight is 621 g/mol. The second-order valence-electron chi connectivity index (χ2n) is 10.1. The van der Waals surface area contributed by atoms with Crippen molar-refractivity contribution in [3.05, 3.63) is 104 Å². The lowest BCUT2D eigenvalue weighted by atomic mass is 9.91. The van der Waals surface area contributed by atoms with E-state index in [9.17, 15) is 34.5 Å². The molecule has 0 saturated heterocycles. The van der Waals surface area contributed by atoms with Gasteiger partial charge in [0.25, 0.3) is 5.91 Å². The summed E-state index contributed by atoms with van der Waals surface area (Å²) in [7, 11) is 0. The zero-order chi connectivity index (χ0) is 31.3. The molecule has 5 N–H and O–H groups in total. The Morgan fingerprint density at radius 2 is 1.77 bits per heavy atom. The lowest BCUT2D eigenvalue weighted by Gasteiger charge is -2.33. The molecule has 224 valence electrons. The highest BCUT2D eigenvalue weighted by Gasteiger charge is 2.36. The predicted octanol–water partition coefficient (Wildman–Crippen LogP) is 4.18. The van der Waals surface area contributed by atoms with E-state index in [1.807, 2.05) is 18.2 Å². The molecule has 1 amide bonds. The maximum atomic E-state index is 15.4. The summed E-state index contributed by atoms with van der Waals surface area (Å²) in [5.41, 5.74) is 1.80. The molecule has 0 spiro atoms. The number of rotatable bonds is 6. The smallest absolute Gasteiger partial charge is 0.335 e. The van der Waals surface area contributed by atoms with E-state index in [-0.39, 0.29) is 52.6 Å². The summed E-state index contributed by atoms with van der Waals surface area (Å²) >= 11 is 1.31. The molecule has 0 fully saturated rings. The van der Waals surface area contributed by atoms with E-state index in [0.717, 1.165) is 26.1 Å². The standard InChI is InChI=1S/C30H22F2N4O7S/c31-20-10-18(17-9-14-4-1-2-7-21(14)44-12-19(17)23(20)32)25-24(34-16-6-3-5-15(8-16)30(42)43)27(39)28(40)26-29(41)35(11-22(37)38)13-33-36(25)26/h1-8,10,33-34,40H,9,11-13H2,(H,37,38)(H,42,43). The van der Waals surface area contributed by atoms with Crippen LogP contribution in [0.2, 0.25) is 0 Å². The maximum Gasteiger partial charge on any atom is 0.335 e. The Labute approximate surface area is 251 Å². The fourth-order valence-electron chi connectivity index (χ4n) is 5.34. The maximum absolute atomic E-state index is 15.4. The molecule has 2 aliphatic rings. The monoisotopic (exact) mass is 620 g/mol. The number of fused-ring (bicyclic) bond motifs is 3. The van der Waals surface area contributed by atoms with Crippen LogP contribution in [0.4, 0.5) is 20.2 Å². The fourth-order valence-corrected chi connectivity index (χ4v) is 6.44. The van der Waals surface area contributed by atoms with Crippen molar-refractivity contribution < 1.29 is 38.5 Å². The van der Waals surface area contributed by atoms with Gasteiger partial charge in [-0.3, -0.25) is 14.4 Å². The van der Waals surface area contributed by atoms with Crippen LogP contribution in [0.3, 0.4) is 0 Å². The van der Waals surface area contributed by atoms with Gasteiger partial charge < -0.3 is 31.0 Å². The van der Waals surface area contributed by atoms with Crippen LogP contribution in [0.1, 0.15) is 37.5 Å². The molecule has 1 aromatic heterocycles. The number of hydrogen-bond acceptors (Lipinski definition) is 8. The Morgan fingerprint density at radius 3 is 2.52 bits per heavy atom. The second-order valence-corrected chi connectivity index (χ2v) is 11.1. The molecular weight excluding hydrogens is 598 g/mol. The minimum Gasteiger partial charge on any atom is -0.502 e. The van der Waals surface area contributed by atoms with Crippen LogP contribution in [-0.2, 0) is 17.0 Å². The van der Waals surface area contributed by atoms with Crippen molar-refractivity contribution in [3.8, 4) is 17.0 Å². The molecule has 0 saturated carbocycles. The van der Waals surface area contributed by atoms with Crippen molar-refractivity contribution in [1.29, 1.82) is 0 Å². The van der Waals surface area contributed by atoms with Crippen LogP contribution >= 0.6 is 11.8 Å². The van der Waals surface area contributed by atoms with Crippen LogP contribution in [-0.4, -0.2) is 56.0 Å². The first-order valence-electron chi connectivity index (χ1n) is 13.1. The summed E-state index contributed by atoms with van der Waals surface area (Å²) in [6.45, 7) is -1.11.